The van der Waals surface area contributed by atoms with Gasteiger partial charge >= 0.3 is 0 Å². The van der Waals surface area contributed by atoms with Crippen molar-refractivity contribution in [2.45, 2.75) is 13.2 Å². The van der Waals surface area contributed by atoms with E-state index in [0.717, 1.165) is 0 Å². The van der Waals surface area contributed by atoms with Crippen LogP contribution in [0, 0.1) is 0 Å². The van der Waals surface area contributed by atoms with Crippen molar-refractivity contribution in [2.24, 2.45) is 0 Å². The molecule has 0 aliphatic heterocycles. The Morgan fingerprint density at radius 1 is 1.50 bits per heavy atom. The summed E-state index contributed by atoms with van der Waals surface area (Å²) in [5, 5.41) is 24.7. The summed E-state index contributed by atoms with van der Waals surface area (Å²) in [6.07, 6.45) is -1.56. The van der Waals surface area contributed by atoms with E-state index in [1.807, 2.05) is 0 Å². The molecular formula is C10H10N2O4. The summed E-state index contributed by atoms with van der Waals surface area (Å²) in [7, 11) is 0. The molecule has 0 unspecified atom stereocenters. The quantitative estimate of drug-likeness (QED) is 0.652. The summed E-state index contributed by atoms with van der Waals surface area (Å²) in [4.78, 5) is 10.9. The molecule has 6 nitrogen and oxygen atoms in total. The van der Waals surface area contributed by atoms with Gasteiger partial charge in [-0.3, -0.25) is 4.79 Å². The van der Waals surface area contributed by atoms with Gasteiger partial charge in [-0.1, -0.05) is 11.2 Å². The van der Waals surface area contributed by atoms with Gasteiger partial charge in [0.15, 0.2) is 17.7 Å². The molecular weight excluding hydrogens is 212 g/mol. The predicted octanol–water partition coefficient (Wildman–Crippen LogP) is 0.769. The number of fused-ring (bicyclic) bond motifs is 1. The van der Waals surface area contributed by atoms with Crippen molar-refractivity contribution in [3.63, 3.8) is 0 Å². The maximum absolute atomic E-state index is 10.9. The van der Waals surface area contributed by atoms with Gasteiger partial charge in [0.05, 0.1) is 5.39 Å². The molecule has 0 aliphatic rings. The highest BCUT2D eigenvalue weighted by Crippen LogP contribution is 2.25. The number of anilines is 1. The molecule has 0 fully saturated rings. The topological polar surface area (TPSA) is 95.6 Å². The van der Waals surface area contributed by atoms with Crippen molar-refractivity contribution in [3.05, 3.63) is 23.8 Å². The van der Waals surface area contributed by atoms with E-state index in [1.165, 1.54) is 19.1 Å². The van der Waals surface area contributed by atoms with Gasteiger partial charge in [0.1, 0.15) is 0 Å². The smallest absolute Gasteiger partial charge is 0.222 e. The summed E-state index contributed by atoms with van der Waals surface area (Å²) >= 11 is 0. The Bertz CT molecular complexity index is 533. The van der Waals surface area contributed by atoms with Gasteiger partial charge in [-0.05, 0) is 12.1 Å². The van der Waals surface area contributed by atoms with Crippen LogP contribution in [0.2, 0.25) is 0 Å². The minimum Gasteiger partial charge on any atom is -0.364 e. The molecule has 2 aromatic rings. The van der Waals surface area contributed by atoms with E-state index < -0.39 is 6.29 Å². The van der Waals surface area contributed by atoms with E-state index in [-0.39, 0.29) is 5.91 Å². The molecule has 0 bridgehead atoms. The zero-order chi connectivity index (χ0) is 11.7. The highest BCUT2D eigenvalue weighted by atomic mass is 16.5. The van der Waals surface area contributed by atoms with Gasteiger partial charge in [0.2, 0.25) is 5.91 Å². The molecule has 3 N–H and O–H groups in total. The van der Waals surface area contributed by atoms with Crippen molar-refractivity contribution in [3.8, 4) is 0 Å². The van der Waals surface area contributed by atoms with Crippen molar-refractivity contribution in [2.75, 3.05) is 5.32 Å². The molecule has 1 aromatic heterocycles. The van der Waals surface area contributed by atoms with Crippen molar-refractivity contribution in [1.82, 2.24) is 5.16 Å². The van der Waals surface area contributed by atoms with Gasteiger partial charge in [0.25, 0.3) is 0 Å². The number of hydrogen-bond donors (Lipinski definition) is 3. The second-order valence-corrected chi connectivity index (χ2v) is 3.34. The standard InChI is InChI=1S/C10H10N2O4/c1-5(13)11-9-7-3-2-6(10(14)15)4-8(7)16-12-9/h2-4,10,14-15H,1H3,(H,11,12,13). The van der Waals surface area contributed by atoms with Crippen LogP contribution in [-0.2, 0) is 4.79 Å². The largest absolute Gasteiger partial charge is 0.364 e. The number of benzene rings is 1. The van der Waals surface area contributed by atoms with Crippen LogP contribution in [0.25, 0.3) is 11.0 Å². The van der Waals surface area contributed by atoms with Gasteiger partial charge in [-0.15, -0.1) is 0 Å². The lowest BCUT2D eigenvalue weighted by atomic mass is 10.1. The first kappa shape index (κ1) is 10.6. The van der Waals surface area contributed by atoms with Crippen LogP contribution in [0.4, 0.5) is 5.82 Å². The monoisotopic (exact) mass is 222 g/mol. The summed E-state index contributed by atoms with van der Waals surface area (Å²) in [5.74, 6) is 0.0722. The minimum atomic E-state index is -1.56. The molecule has 0 atom stereocenters. The van der Waals surface area contributed by atoms with Crippen LogP contribution < -0.4 is 5.32 Å². The number of rotatable bonds is 2. The van der Waals surface area contributed by atoms with E-state index >= 15 is 0 Å². The first-order chi connectivity index (χ1) is 7.58. The van der Waals surface area contributed by atoms with Crippen LogP contribution in [-0.4, -0.2) is 21.3 Å². The van der Waals surface area contributed by atoms with Crippen LogP contribution >= 0.6 is 0 Å². The Hall–Kier alpha value is -1.92. The number of carbonyl (C=O) groups excluding carboxylic acids is 1. The van der Waals surface area contributed by atoms with E-state index in [2.05, 4.69) is 10.5 Å². The maximum atomic E-state index is 10.9. The Balaban J connectivity index is 2.46. The summed E-state index contributed by atoms with van der Waals surface area (Å²) in [5.41, 5.74) is 0.687. The molecule has 1 amide bonds. The molecule has 84 valence electrons. The van der Waals surface area contributed by atoms with Gasteiger partial charge in [-0.2, -0.15) is 0 Å². The van der Waals surface area contributed by atoms with Crippen molar-refractivity contribution >= 4 is 22.7 Å². The lowest BCUT2D eigenvalue weighted by molar-refractivity contribution is -0.114. The minimum absolute atomic E-state index is 0.249. The summed E-state index contributed by atoms with van der Waals surface area (Å²) in [6.45, 7) is 1.37. The fourth-order valence-corrected chi connectivity index (χ4v) is 1.37. The van der Waals surface area contributed by atoms with E-state index in [4.69, 9.17) is 14.7 Å². The third kappa shape index (κ3) is 1.88. The first-order valence-corrected chi connectivity index (χ1v) is 4.61. The average Bonchev–Trinajstić information content (AvgIpc) is 2.60. The van der Waals surface area contributed by atoms with E-state index in [0.29, 0.717) is 22.4 Å². The Kier molecular flexibility index (Phi) is 2.59. The molecule has 2 rings (SSSR count). The van der Waals surface area contributed by atoms with Crippen molar-refractivity contribution < 1.29 is 19.5 Å². The van der Waals surface area contributed by atoms with Crippen LogP contribution in [0.5, 0.6) is 0 Å². The van der Waals surface area contributed by atoms with Gasteiger partial charge < -0.3 is 20.1 Å². The van der Waals surface area contributed by atoms with Gasteiger partial charge in [0, 0.05) is 12.5 Å². The maximum Gasteiger partial charge on any atom is 0.222 e. The molecule has 0 aliphatic carbocycles. The number of nitrogens with one attached hydrogen (secondary N) is 1. The molecule has 0 saturated carbocycles. The lowest BCUT2D eigenvalue weighted by Crippen LogP contribution is -2.06. The molecule has 16 heavy (non-hydrogen) atoms. The third-order valence-electron chi connectivity index (χ3n) is 2.09. The van der Waals surface area contributed by atoms with Crippen LogP contribution in [0.15, 0.2) is 22.7 Å². The number of hydrogen-bond acceptors (Lipinski definition) is 5. The zero-order valence-corrected chi connectivity index (χ0v) is 8.47. The van der Waals surface area contributed by atoms with E-state index in [9.17, 15) is 4.79 Å². The molecule has 1 heterocycles. The second-order valence-electron chi connectivity index (χ2n) is 3.34. The highest BCUT2D eigenvalue weighted by Gasteiger charge is 2.11. The summed E-state index contributed by atoms with van der Waals surface area (Å²) < 4.78 is 4.95. The second kappa shape index (κ2) is 3.92. The average molecular weight is 222 g/mol. The number of carbonyl (C=O) groups is 1. The number of aliphatic hydroxyl groups is 2. The first-order valence-electron chi connectivity index (χ1n) is 4.61. The zero-order valence-electron chi connectivity index (χ0n) is 8.47. The highest BCUT2D eigenvalue weighted by molar-refractivity contribution is 5.97. The Labute approximate surface area is 90.5 Å². The fraction of sp³-hybridized carbons (Fsp3) is 0.200. The SMILES string of the molecule is CC(=O)Nc1noc2cc(C(O)O)ccc12. The van der Waals surface area contributed by atoms with E-state index in [1.54, 1.807) is 6.07 Å². The lowest BCUT2D eigenvalue weighted by Gasteiger charge is -2.02. The Morgan fingerprint density at radius 2 is 2.25 bits per heavy atom. The molecule has 1 aromatic carbocycles. The molecule has 6 heteroatoms. The number of aromatic nitrogens is 1. The van der Waals surface area contributed by atoms with Crippen LogP contribution in [0.1, 0.15) is 18.8 Å². The number of aliphatic hydroxyl groups excluding tert-OH is 1. The fourth-order valence-electron chi connectivity index (χ4n) is 1.37. The Morgan fingerprint density at radius 3 is 2.88 bits per heavy atom. The predicted molar refractivity (Wildman–Crippen MR) is 55.5 cm³/mol. The summed E-state index contributed by atoms with van der Waals surface area (Å²) in [6, 6.07) is 4.58. The number of amides is 1. The van der Waals surface area contributed by atoms with Crippen molar-refractivity contribution in [1.29, 1.82) is 0 Å². The molecule has 0 radical (unpaired) electrons. The molecule has 0 spiro atoms. The van der Waals surface area contributed by atoms with Crippen LogP contribution in [0.3, 0.4) is 0 Å². The molecule has 0 saturated heterocycles. The number of nitrogens with zero attached hydrogens (tertiary/aromatic N) is 1. The normalized spacial score (nSPS) is 11.0. The van der Waals surface area contributed by atoms with Gasteiger partial charge in [-0.25, -0.2) is 0 Å². The third-order valence-corrected chi connectivity index (χ3v) is 2.09.